The lowest BCUT2D eigenvalue weighted by Gasteiger charge is -2.04. The largest absolute Gasteiger partial charge is 0.319 e. The highest BCUT2D eigenvalue weighted by atomic mass is 35.5. The van der Waals surface area contributed by atoms with Crippen LogP contribution in [0.4, 0.5) is 10.1 Å². The molecule has 0 saturated carbocycles. The van der Waals surface area contributed by atoms with Crippen molar-refractivity contribution in [1.29, 1.82) is 0 Å². The van der Waals surface area contributed by atoms with Gasteiger partial charge in [-0.15, -0.1) is 5.10 Å². The van der Waals surface area contributed by atoms with Crippen LogP contribution in [-0.2, 0) is 0 Å². The monoisotopic (exact) mass is 364 g/mol. The van der Waals surface area contributed by atoms with E-state index >= 15 is 0 Å². The van der Waals surface area contributed by atoms with Gasteiger partial charge in [0.1, 0.15) is 11.6 Å². The number of hydrogen-bond donors (Lipinski definition) is 1. The molecule has 1 aromatic heterocycles. The van der Waals surface area contributed by atoms with Crippen LogP contribution in [0.5, 0.6) is 0 Å². The molecule has 2 aromatic carbocycles. The van der Waals surface area contributed by atoms with Gasteiger partial charge in [-0.1, -0.05) is 23.2 Å². The lowest BCUT2D eigenvalue weighted by Crippen LogP contribution is -2.14. The van der Waals surface area contributed by atoms with Crippen LogP contribution >= 0.6 is 23.2 Å². The zero-order chi connectivity index (χ0) is 17.3. The Kier molecular flexibility index (Phi) is 4.51. The zero-order valence-corrected chi connectivity index (χ0v) is 13.9. The number of nitrogens with one attached hydrogen (secondary N) is 1. The van der Waals surface area contributed by atoms with Crippen LogP contribution in [-0.4, -0.2) is 20.7 Å². The Balaban J connectivity index is 1.87. The number of aryl methyl sites for hydroxylation is 1. The van der Waals surface area contributed by atoms with Gasteiger partial charge < -0.3 is 5.32 Å². The molecule has 0 aliphatic carbocycles. The number of aromatic nitrogens is 3. The third-order valence-corrected chi connectivity index (χ3v) is 3.60. The second kappa shape index (κ2) is 6.59. The molecule has 0 radical (unpaired) electrons. The molecule has 3 rings (SSSR count). The summed E-state index contributed by atoms with van der Waals surface area (Å²) >= 11 is 12.0. The molecule has 0 unspecified atom stereocenters. The number of rotatable bonds is 3. The van der Waals surface area contributed by atoms with Gasteiger partial charge >= 0.3 is 0 Å². The molecule has 0 spiro atoms. The van der Waals surface area contributed by atoms with Crippen molar-refractivity contribution >= 4 is 34.8 Å². The maximum absolute atomic E-state index is 12.9. The number of carbonyl (C=O) groups excluding carboxylic acids is 1. The number of benzene rings is 2. The maximum Gasteiger partial charge on any atom is 0.295 e. The Morgan fingerprint density at radius 2 is 1.75 bits per heavy atom. The van der Waals surface area contributed by atoms with Gasteiger partial charge in [0.25, 0.3) is 5.91 Å². The SMILES string of the molecule is Cc1nc(C(=O)Nc2ccc(F)cc2)nn1-c1cc(Cl)cc(Cl)c1. The molecule has 0 aliphatic rings. The summed E-state index contributed by atoms with van der Waals surface area (Å²) in [5.41, 5.74) is 1.04. The lowest BCUT2D eigenvalue weighted by molar-refractivity contribution is 0.101. The van der Waals surface area contributed by atoms with Crippen LogP contribution < -0.4 is 5.32 Å². The van der Waals surface area contributed by atoms with Crippen LogP contribution in [0, 0.1) is 12.7 Å². The van der Waals surface area contributed by atoms with Crippen molar-refractivity contribution in [1.82, 2.24) is 14.8 Å². The van der Waals surface area contributed by atoms with Gasteiger partial charge in [0.2, 0.25) is 5.82 Å². The molecule has 1 amide bonds. The van der Waals surface area contributed by atoms with E-state index in [2.05, 4.69) is 15.4 Å². The van der Waals surface area contributed by atoms with E-state index in [1.807, 2.05) is 0 Å². The van der Waals surface area contributed by atoms with Crippen LogP contribution in [0.1, 0.15) is 16.4 Å². The summed E-state index contributed by atoms with van der Waals surface area (Å²) in [5.74, 6) is -0.411. The summed E-state index contributed by atoms with van der Waals surface area (Å²) < 4.78 is 14.4. The zero-order valence-electron chi connectivity index (χ0n) is 12.4. The van der Waals surface area contributed by atoms with Crippen LogP contribution in [0.2, 0.25) is 10.0 Å². The molecule has 1 N–H and O–H groups in total. The van der Waals surface area contributed by atoms with Gasteiger partial charge in [-0.25, -0.2) is 14.1 Å². The predicted molar refractivity (Wildman–Crippen MR) is 90.5 cm³/mol. The molecule has 1 heterocycles. The Hall–Kier alpha value is -2.44. The smallest absolute Gasteiger partial charge is 0.295 e. The van der Waals surface area contributed by atoms with Gasteiger partial charge in [-0.05, 0) is 49.4 Å². The Bertz CT molecular complexity index is 889. The first kappa shape index (κ1) is 16.4. The third-order valence-electron chi connectivity index (χ3n) is 3.17. The highest BCUT2D eigenvalue weighted by molar-refractivity contribution is 6.34. The second-order valence-electron chi connectivity index (χ2n) is 4.98. The minimum Gasteiger partial charge on any atom is -0.319 e. The normalized spacial score (nSPS) is 10.7. The molecule has 3 aromatic rings. The summed E-state index contributed by atoms with van der Waals surface area (Å²) in [6.45, 7) is 1.70. The predicted octanol–water partition coefficient (Wildman–Crippen LogP) is 4.27. The summed E-state index contributed by atoms with van der Waals surface area (Å²) in [5, 5.41) is 7.68. The van der Waals surface area contributed by atoms with Crippen molar-refractivity contribution in [3.8, 4) is 5.69 Å². The fourth-order valence-corrected chi connectivity index (χ4v) is 2.63. The summed E-state index contributed by atoms with van der Waals surface area (Å²) in [6, 6.07) is 10.3. The number of amides is 1. The van der Waals surface area contributed by atoms with E-state index in [-0.39, 0.29) is 11.6 Å². The molecular formula is C16H11Cl2FN4O. The summed E-state index contributed by atoms with van der Waals surface area (Å²) in [7, 11) is 0. The second-order valence-corrected chi connectivity index (χ2v) is 5.86. The average Bonchev–Trinajstić information content (AvgIpc) is 2.91. The van der Waals surface area contributed by atoms with Crippen molar-refractivity contribution in [2.24, 2.45) is 0 Å². The Morgan fingerprint density at radius 3 is 2.38 bits per heavy atom. The molecule has 0 saturated heterocycles. The lowest BCUT2D eigenvalue weighted by atomic mass is 10.3. The van der Waals surface area contributed by atoms with E-state index < -0.39 is 5.91 Å². The highest BCUT2D eigenvalue weighted by Gasteiger charge is 2.16. The van der Waals surface area contributed by atoms with Crippen molar-refractivity contribution in [3.63, 3.8) is 0 Å². The van der Waals surface area contributed by atoms with E-state index in [1.165, 1.54) is 28.9 Å². The third kappa shape index (κ3) is 3.55. The van der Waals surface area contributed by atoms with E-state index in [1.54, 1.807) is 25.1 Å². The van der Waals surface area contributed by atoms with Crippen molar-refractivity contribution in [2.75, 3.05) is 5.32 Å². The molecule has 0 fully saturated rings. The fraction of sp³-hybridized carbons (Fsp3) is 0.0625. The molecule has 0 bridgehead atoms. The fourth-order valence-electron chi connectivity index (χ4n) is 2.11. The van der Waals surface area contributed by atoms with E-state index in [4.69, 9.17) is 23.2 Å². The topological polar surface area (TPSA) is 59.8 Å². The molecule has 24 heavy (non-hydrogen) atoms. The minimum atomic E-state index is -0.503. The molecule has 0 atom stereocenters. The molecule has 0 aliphatic heterocycles. The van der Waals surface area contributed by atoms with Gasteiger partial charge in [0.05, 0.1) is 5.69 Å². The van der Waals surface area contributed by atoms with Crippen molar-refractivity contribution in [3.05, 3.63) is 70.0 Å². The number of halogens is 3. The van der Waals surface area contributed by atoms with Gasteiger partial charge in [0, 0.05) is 15.7 Å². The Labute approximate surface area is 147 Å². The van der Waals surface area contributed by atoms with Crippen molar-refractivity contribution < 1.29 is 9.18 Å². The molecule has 8 heteroatoms. The number of anilines is 1. The first-order valence-electron chi connectivity index (χ1n) is 6.89. The number of carbonyl (C=O) groups is 1. The quantitative estimate of drug-likeness (QED) is 0.754. The highest BCUT2D eigenvalue weighted by Crippen LogP contribution is 2.22. The van der Waals surface area contributed by atoms with Gasteiger partial charge in [-0.2, -0.15) is 0 Å². The van der Waals surface area contributed by atoms with Crippen molar-refractivity contribution in [2.45, 2.75) is 6.92 Å². The number of nitrogens with zero attached hydrogens (tertiary/aromatic N) is 3. The Morgan fingerprint density at radius 1 is 1.12 bits per heavy atom. The standard InChI is InChI=1S/C16H11Cl2FN4O/c1-9-20-15(16(24)21-13-4-2-12(19)3-5-13)22-23(9)14-7-10(17)6-11(18)8-14/h2-8H,1H3,(H,21,24). The summed E-state index contributed by atoms with van der Waals surface area (Å²) in [4.78, 5) is 16.4. The first-order valence-corrected chi connectivity index (χ1v) is 7.65. The van der Waals surface area contributed by atoms with E-state index in [0.29, 0.717) is 27.2 Å². The van der Waals surface area contributed by atoms with Crippen LogP contribution in [0.25, 0.3) is 5.69 Å². The van der Waals surface area contributed by atoms with E-state index in [9.17, 15) is 9.18 Å². The molecule has 122 valence electrons. The average molecular weight is 365 g/mol. The van der Waals surface area contributed by atoms with E-state index in [0.717, 1.165) is 0 Å². The first-order chi connectivity index (χ1) is 11.4. The van der Waals surface area contributed by atoms with Crippen LogP contribution in [0.3, 0.4) is 0 Å². The number of hydrogen-bond acceptors (Lipinski definition) is 3. The minimum absolute atomic E-state index is 0.0204. The van der Waals surface area contributed by atoms with Gasteiger partial charge in [0.15, 0.2) is 0 Å². The molecule has 5 nitrogen and oxygen atoms in total. The molecular weight excluding hydrogens is 354 g/mol. The van der Waals surface area contributed by atoms with Crippen LogP contribution in [0.15, 0.2) is 42.5 Å². The summed E-state index contributed by atoms with van der Waals surface area (Å²) in [6.07, 6.45) is 0. The van der Waals surface area contributed by atoms with Gasteiger partial charge in [-0.3, -0.25) is 4.79 Å². The maximum atomic E-state index is 12.9.